The molecule has 0 aliphatic heterocycles. The highest BCUT2D eigenvalue weighted by atomic mass is 32.2. The molecule has 1 unspecified atom stereocenters. The van der Waals surface area contributed by atoms with Crippen LogP contribution in [0.5, 0.6) is 0 Å². The molecule has 1 aliphatic rings. The number of nitrogens with two attached hydrogens (primary N) is 2. The Morgan fingerprint density at radius 2 is 1.87 bits per heavy atom. The predicted molar refractivity (Wildman–Crippen MR) is 195 cm³/mol. The van der Waals surface area contributed by atoms with Gasteiger partial charge in [0.15, 0.2) is 11.8 Å². The van der Waals surface area contributed by atoms with Gasteiger partial charge in [-0.25, -0.2) is 4.98 Å². The van der Waals surface area contributed by atoms with E-state index in [1.54, 1.807) is 11.8 Å². The Hall–Kier alpha value is -3.55. The zero-order valence-corrected chi connectivity index (χ0v) is 29.3. The van der Waals surface area contributed by atoms with Crippen LogP contribution >= 0.6 is 23.1 Å². The Labute approximate surface area is 286 Å². The predicted octanol–water partition coefficient (Wildman–Crippen LogP) is 5.41. The Kier molecular flexibility index (Phi) is 14.4. The zero-order chi connectivity index (χ0) is 33.5. The van der Waals surface area contributed by atoms with Gasteiger partial charge in [-0.15, -0.1) is 11.3 Å². The lowest BCUT2D eigenvalue weighted by Crippen LogP contribution is -2.34. The molecule has 0 saturated carbocycles. The molecule has 2 heterocycles. The first-order valence-electron chi connectivity index (χ1n) is 16.4. The highest BCUT2D eigenvalue weighted by Crippen LogP contribution is 2.49. The van der Waals surface area contributed by atoms with E-state index in [2.05, 4.69) is 75.6 Å². The second kappa shape index (κ2) is 18.7. The molecule has 4 rings (SSSR count). The topological polar surface area (TPSA) is 161 Å². The molecule has 3 aromatic rings. The summed E-state index contributed by atoms with van der Waals surface area (Å²) < 4.78 is 0. The monoisotopic (exact) mass is 679 g/mol. The van der Waals surface area contributed by atoms with Gasteiger partial charge in [-0.1, -0.05) is 50.1 Å². The molecule has 1 aromatic carbocycles. The fourth-order valence-electron chi connectivity index (χ4n) is 6.21. The van der Waals surface area contributed by atoms with Crippen LogP contribution in [0.25, 0.3) is 0 Å². The van der Waals surface area contributed by atoms with Crippen LogP contribution in [0.4, 0.5) is 5.13 Å². The van der Waals surface area contributed by atoms with Crippen LogP contribution in [0.2, 0.25) is 0 Å². The van der Waals surface area contributed by atoms with E-state index in [4.69, 9.17) is 16.5 Å². The Bertz CT molecular complexity index is 1440. The Morgan fingerprint density at radius 1 is 1.13 bits per heavy atom. The van der Waals surface area contributed by atoms with Gasteiger partial charge in [-0.05, 0) is 80.9 Å². The minimum Gasteiger partial charge on any atom is -0.370 e. The van der Waals surface area contributed by atoms with Gasteiger partial charge < -0.3 is 21.7 Å². The third kappa shape index (κ3) is 11.9. The highest BCUT2D eigenvalue weighted by Gasteiger charge is 2.42. The maximum atomic E-state index is 11.2. The van der Waals surface area contributed by atoms with Crippen molar-refractivity contribution in [2.24, 2.45) is 26.9 Å². The largest absolute Gasteiger partial charge is 0.370 e. The standard InChI is InChI=1S/C34H49N9O2S2/c1-26(30-13-7-9-15-37-30)34(21-27-11-5-6-12-28(27)22-34)14-19-42(2)18-10-4-3-8-16-38-31(23-43(44)45)39-17-20-46-24-29-25-47-33(40-29)41-32(35)36/h5-7,9,11-13,15,25-26H,3-4,8,10,14,16-24H2,1-2H3,(H,38,39)(H4,35,36,40,41). The van der Waals surface area contributed by atoms with Gasteiger partial charge in [0.05, 0.1) is 5.69 Å². The number of nitro groups is 1. The fraction of sp³-hybridized carbons (Fsp3) is 0.529. The van der Waals surface area contributed by atoms with Crippen molar-refractivity contribution in [1.29, 1.82) is 0 Å². The molecule has 13 heteroatoms. The van der Waals surface area contributed by atoms with Gasteiger partial charge >= 0.3 is 0 Å². The minimum absolute atomic E-state index is 0.00862. The van der Waals surface area contributed by atoms with E-state index in [1.165, 1.54) is 28.2 Å². The summed E-state index contributed by atoms with van der Waals surface area (Å²) in [5.41, 5.74) is 16.0. The van der Waals surface area contributed by atoms with Crippen molar-refractivity contribution >= 4 is 40.0 Å². The lowest BCUT2D eigenvalue weighted by Gasteiger charge is -2.37. The maximum absolute atomic E-state index is 11.2. The zero-order valence-electron chi connectivity index (χ0n) is 27.6. The number of thioether (sulfide) groups is 1. The van der Waals surface area contributed by atoms with Gasteiger partial charge in [0.1, 0.15) is 0 Å². The number of amidine groups is 1. The molecular weight excluding hydrogens is 631 g/mol. The Balaban J connectivity index is 1.13. The summed E-state index contributed by atoms with van der Waals surface area (Å²) in [6.45, 7) is 5.40. The third-order valence-electron chi connectivity index (χ3n) is 8.86. The number of nitrogens with one attached hydrogen (secondary N) is 1. The summed E-state index contributed by atoms with van der Waals surface area (Å²) in [4.78, 5) is 30.9. The van der Waals surface area contributed by atoms with E-state index in [9.17, 15) is 10.1 Å². The lowest BCUT2D eigenvalue weighted by molar-refractivity contribution is -0.463. The summed E-state index contributed by atoms with van der Waals surface area (Å²) in [7, 11) is 2.24. The number of aromatic nitrogens is 2. The van der Waals surface area contributed by atoms with E-state index in [0.717, 1.165) is 69.5 Å². The van der Waals surface area contributed by atoms with Crippen LogP contribution in [0.15, 0.2) is 64.0 Å². The molecule has 2 aromatic heterocycles. The van der Waals surface area contributed by atoms with Crippen molar-refractivity contribution < 1.29 is 4.92 Å². The lowest BCUT2D eigenvalue weighted by atomic mass is 9.69. The van der Waals surface area contributed by atoms with E-state index < -0.39 is 0 Å². The molecule has 5 N–H and O–H groups in total. The summed E-state index contributed by atoms with van der Waals surface area (Å²) in [5.74, 6) is 2.31. The molecule has 47 heavy (non-hydrogen) atoms. The van der Waals surface area contributed by atoms with Crippen LogP contribution in [0.1, 0.15) is 67.5 Å². The quantitative estimate of drug-likeness (QED) is 0.0466. The Morgan fingerprint density at radius 3 is 2.57 bits per heavy atom. The van der Waals surface area contributed by atoms with Crippen LogP contribution in [-0.4, -0.2) is 77.1 Å². The number of guanidine groups is 1. The first kappa shape index (κ1) is 36.3. The summed E-state index contributed by atoms with van der Waals surface area (Å²) >= 11 is 3.08. The first-order valence-corrected chi connectivity index (χ1v) is 18.4. The number of aliphatic imine (C=N–C) groups is 2. The van der Waals surface area contributed by atoms with E-state index >= 15 is 0 Å². The van der Waals surface area contributed by atoms with Crippen molar-refractivity contribution in [2.45, 2.75) is 63.5 Å². The van der Waals surface area contributed by atoms with Crippen molar-refractivity contribution in [3.8, 4) is 0 Å². The number of pyridine rings is 1. The molecule has 1 atom stereocenters. The molecule has 0 amide bonds. The SMILES string of the molecule is CC(c1ccccn1)C1(CCN(C)CCCCCCN=C(C[N+](=O)[O-])NCCSCc2csc(N=C(N)N)n2)Cc2ccccc2C1. The second-order valence-electron chi connectivity index (χ2n) is 12.4. The molecule has 0 fully saturated rings. The van der Waals surface area contributed by atoms with Crippen LogP contribution in [0, 0.1) is 15.5 Å². The molecule has 0 radical (unpaired) electrons. The molecule has 0 bridgehead atoms. The maximum Gasteiger partial charge on any atom is 0.259 e. The number of hydrogen-bond acceptors (Lipinski definition) is 9. The summed E-state index contributed by atoms with van der Waals surface area (Å²) in [6, 6.07) is 15.2. The summed E-state index contributed by atoms with van der Waals surface area (Å²) in [5, 5.41) is 16.8. The normalized spacial score (nSPS) is 14.6. The van der Waals surface area contributed by atoms with E-state index in [0.29, 0.717) is 35.7 Å². The summed E-state index contributed by atoms with van der Waals surface area (Å²) in [6.07, 6.45) is 9.51. The second-order valence-corrected chi connectivity index (χ2v) is 14.3. The number of benzene rings is 1. The van der Waals surface area contributed by atoms with Crippen LogP contribution in [0.3, 0.4) is 0 Å². The molecule has 11 nitrogen and oxygen atoms in total. The first-order chi connectivity index (χ1) is 22.7. The number of hydrogen-bond donors (Lipinski definition) is 3. The molecule has 254 valence electrons. The van der Waals surface area contributed by atoms with Gasteiger partial charge in [-0.2, -0.15) is 16.8 Å². The van der Waals surface area contributed by atoms with Crippen molar-refractivity contribution in [1.82, 2.24) is 20.2 Å². The molecule has 1 aliphatic carbocycles. The molecular formula is C34H49N9O2S2. The van der Waals surface area contributed by atoms with Crippen LogP contribution < -0.4 is 16.8 Å². The van der Waals surface area contributed by atoms with Gasteiger partial charge in [-0.3, -0.25) is 20.1 Å². The number of thiazole rings is 1. The van der Waals surface area contributed by atoms with Crippen molar-refractivity contribution in [3.05, 3.63) is 86.7 Å². The average Bonchev–Trinajstić information content (AvgIpc) is 3.67. The number of fused-ring (bicyclic) bond motifs is 1. The van der Waals surface area contributed by atoms with Gasteiger partial charge in [0, 0.05) is 52.7 Å². The number of unbranched alkanes of at least 4 members (excludes halogenated alkanes) is 3. The third-order valence-corrected chi connectivity index (χ3v) is 10.6. The van der Waals surface area contributed by atoms with Gasteiger partial charge in [0.2, 0.25) is 5.13 Å². The fourth-order valence-corrected chi connectivity index (χ4v) is 7.77. The molecule has 0 saturated heterocycles. The van der Waals surface area contributed by atoms with E-state index in [1.807, 2.05) is 17.6 Å². The average molecular weight is 680 g/mol. The van der Waals surface area contributed by atoms with Crippen molar-refractivity contribution in [2.75, 3.05) is 45.5 Å². The molecule has 0 spiro atoms. The van der Waals surface area contributed by atoms with Gasteiger partial charge in [0.25, 0.3) is 6.54 Å². The van der Waals surface area contributed by atoms with E-state index in [-0.39, 0.29) is 22.8 Å². The number of rotatable bonds is 20. The minimum atomic E-state index is -0.333. The van der Waals surface area contributed by atoms with Crippen LogP contribution in [-0.2, 0) is 18.6 Å². The number of nitrogens with zero attached hydrogens (tertiary/aromatic N) is 6. The smallest absolute Gasteiger partial charge is 0.259 e. The van der Waals surface area contributed by atoms with Crippen molar-refractivity contribution in [3.63, 3.8) is 0 Å². The highest BCUT2D eigenvalue weighted by molar-refractivity contribution is 7.98.